The van der Waals surface area contributed by atoms with Gasteiger partial charge in [0.1, 0.15) is 11.3 Å². The lowest BCUT2D eigenvalue weighted by Gasteiger charge is -2.14. The number of hydrogen-bond donors (Lipinski definition) is 1. The molecule has 1 atom stereocenters. The number of rotatable bonds is 4. The number of sulfone groups is 1. The molecule has 0 radical (unpaired) electrons. The molecule has 1 aliphatic rings. The van der Waals surface area contributed by atoms with Gasteiger partial charge in [0, 0.05) is 22.6 Å². The lowest BCUT2D eigenvalue weighted by atomic mass is 10.0. The Balaban J connectivity index is 1.73. The molecule has 1 unspecified atom stereocenters. The molecule has 1 saturated heterocycles. The van der Waals surface area contributed by atoms with Crippen LogP contribution < -0.4 is 15.7 Å². The number of fused-ring (bicyclic) bond motifs is 1. The van der Waals surface area contributed by atoms with Crippen LogP contribution in [-0.4, -0.2) is 38.5 Å². The molecule has 7 nitrogen and oxygen atoms in total. The van der Waals surface area contributed by atoms with Crippen molar-refractivity contribution in [1.29, 1.82) is 0 Å². The van der Waals surface area contributed by atoms with Crippen molar-refractivity contribution >= 4 is 26.7 Å². The minimum atomic E-state index is -3.05. The summed E-state index contributed by atoms with van der Waals surface area (Å²) in [6.07, 6.45) is 0.423. The molecule has 1 aromatic carbocycles. The zero-order valence-corrected chi connectivity index (χ0v) is 15.7. The van der Waals surface area contributed by atoms with Crippen LogP contribution in [-0.2, 0) is 14.6 Å². The summed E-state index contributed by atoms with van der Waals surface area (Å²) in [6.45, 7) is 5.10. The van der Waals surface area contributed by atoms with E-state index >= 15 is 0 Å². The highest BCUT2D eigenvalue weighted by Gasteiger charge is 2.29. The predicted octanol–water partition coefficient (Wildman–Crippen LogP) is 1.40. The summed E-state index contributed by atoms with van der Waals surface area (Å²) in [5.41, 5.74) is 2.11. The van der Waals surface area contributed by atoms with Crippen LogP contribution in [0.4, 0.5) is 0 Å². The summed E-state index contributed by atoms with van der Waals surface area (Å²) < 4.78 is 33.8. The van der Waals surface area contributed by atoms with E-state index in [4.69, 9.17) is 9.15 Å². The van der Waals surface area contributed by atoms with Gasteiger partial charge in [-0.15, -0.1) is 0 Å². The highest BCUT2D eigenvalue weighted by Crippen LogP contribution is 2.29. The molecule has 1 amide bonds. The van der Waals surface area contributed by atoms with Gasteiger partial charge in [0.2, 0.25) is 0 Å². The molecule has 140 valence electrons. The van der Waals surface area contributed by atoms with Crippen LogP contribution in [0.3, 0.4) is 0 Å². The summed E-state index contributed by atoms with van der Waals surface area (Å²) in [5.74, 6) is 0.129. The molecule has 1 aromatic heterocycles. The Bertz CT molecular complexity index is 1040. The first kappa shape index (κ1) is 18.4. The van der Waals surface area contributed by atoms with Crippen molar-refractivity contribution in [2.45, 2.75) is 33.2 Å². The summed E-state index contributed by atoms with van der Waals surface area (Å²) in [5, 5.41) is 3.50. The molecule has 0 spiro atoms. The second-order valence-corrected chi connectivity index (χ2v) is 8.89. The molecule has 1 aliphatic heterocycles. The van der Waals surface area contributed by atoms with E-state index in [-0.39, 0.29) is 30.1 Å². The first-order valence-corrected chi connectivity index (χ1v) is 10.2. The van der Waals surface area contributed by atoms with Crippen LogP contribution in [0.25, 0.3) is 11.0 Å². The number of aryl methyl sites for hydroxylation is 2. The lowest BCUT2D eigenvalue weighted by Crippen LogP contribution is -2.38. The Morgan fingerprint density at radius 3 is 2.62 bits per heavy atom. The molecule has 0 saturated carbocycles. The largest absolute Gasteiger partial charge is 0.483 e. The van der Waals surface area contributed by atoms with E-state index in [0.717, 1.165) is 10.9 Å². The van der Waals surface area contributed by atoms with E-state index in [0.29, 0.717) is 28.9 Å². The van der Waals surface area contributed by atoms with Crippen LogP contribution in [0.5, 0.6) is 5.75 Å². The van der Waals surface area contributed by atoms with E-state index in [1.165, 1.54) is 0 Å². The summed E-state index contributed by atoms with van der Waals surface area (Å²) >= 11 is 0. The third-order valence-corrected chi connectivity index (χ3v) is 6.55. The number of carbonyl (C=O) groups excluding carboxylic acids is 1. The maximum Gasteiger partial charge on any atom is 0.339 e. The quantitative estimate of drug-likeness (QED) is 0.806. The number of ether oxygens (including phenoxy) is 1. The first-order chi connectivity index (χ1) is 12.2. The lowest BCUT2D eigenvalue weighted by molar-refractivity contribution is -0.123. The van der Waals surface area contributed by atoms with Gasteiger partial charge in [-0.2, -0.15) is 0 Å². The van der Waals surface area contributed by atoms with Gasteiger partial charge in [-0.25, -0.2) is 13.2 Å². The van der Waals surface area contributed by atoms with Crippen LogP contribution >= 0.6 is 0 Å². The van der Waals surface area contributed by atoms with Crippen LogP contribution in [0, 0.1) is 20.8 Å². The van der Waals surface area contributed by atoms with E-state index in [2.05, 4.69) is 5.32 Å². The summed E-state index contributed by atoms with van der Waals surface area (Å²) in [7, 11) is -3.05. The van der Waals surface area contributed by atoms with Gasteiger partial charge in [-0.1, -0.05) is 0 Å². The van der Waals surface area contributed by atoms with Crippen molar-refractivity contribution in [1.82, 2.24) is 5.32 Å². The minimum absolute atomic E-state index is 0.0302. The van der Waals surface area contributed by atoms with E-state index in [1.54, 1.807) is 26.0 Å². The maximum atomic E-state index is 12.0. The van der Waals surface area contributed by atoms with Crippen molar-refractivity contribution in [3.63, 3.8) is 0 Å². The Morgan fingerprint density at radius 1 is 1.23 bits per heavy atom. The molecule has 0 bridgehead atoms. The summed E-state index contributed by atoms with van der Waals surface area (Å²) in [4.78, 5) is 23.9. The molecule has 8 heteroatoms. The van der Waals surface area contributed by atoms with Crippen molar-refractivity contribution < 1.29 is 22.4 Å². The fourth-order valence-electron chi connectivity index (χ4n) is 3.10. The SMILES string of the molecule is Cc1c(C)c2ccc(OCC(=O)NC3CCS(=O)(=O)C3)c(C)c2oc1=O. The predicted molar refractivity (Wildman–Crippen MR) is 97.4 cm³/mol. The highest BCUT2D eigenvalue weighted by molar-refractivity contribution is 7.91. The molecular formula is C18H21NO6S. The molecule has 26 heavy (non-hydrogen) atoms. The average Bonchev–Trinajstić information content (AvgIpc) is 2.91. The third-order valence-electron chi connectivity index (χ3n) is 4.78. The molecule has 1 N–H and O–H groups in total. The Hall–Kier alpha value is -2.35. The number of benzene rings is 1. The Morgan fingerprint density at radius 2 is 1.96 bits per heavy atom. The molecule has 0 aliphatic carbocycles. The van der Waals surface area contributed by atoms with Gasteiger partial charge in [0.05, 0.1) is 11.5 Å². The van der Waals surface area contributed by atoms with Gasteiger partial charge in [-0.05, 0) is 44.9 Å². The van der Waals surface area contributed by atoms with E-state index in [9.17, 15) is 18.0 Å². The number of nitrogens with one attached hydrogen (secondary N) is 1. The number of amides is 1. The summed E-state index contributed by atoms with van der Waals surface area (Å²) in [6, 6.07) is 3.17. The van der Waals surface area contributed by atoms with Crippen molar-refractivity contribution in [3.8, 4) is 5.75 Å². The Labute approximate surface area is 151 Å². The van der Waals surface area contributed by atoms with Gasteiger partial charge < -0.3 is 14.5 Å². The third kappa shape index (κ3) is 3.60. The van der Waals surface area contributed by atoms with Gasteiger partial charge >= 0.3 is 5.63 Å². The van der Waals surface area contributed by atoms with Crippen molar-refractivity contribution in [2.24, 2.45) is 0 Å². The van der Waals surface area contributed by atoms with Gasteiger partial charge in [0.25, 0.3) is 5.91 Å². The zero-order chi connectivity index (χ0) is 19.1. The second-order valence-electron chi connectivity index (χ2n) is 6.66. The maximum absolute atomic E-state index is 12.0. The topological polar surface area (TPSA) is 103 Å². The smallest absolute Gasteiger partial charge is 0.339 e. The van der Waals surface area contributed by atoms with Crippen LogP contribution in [0.2, 0.25) is 0 Å². The zero-order valence-electron chi connectivity index (χ0n) is 14.9. The Kier molecular flexibility index (Phi) is 4.79. The molecule has 2 heterocycles. The van der Waals surface area contributed by atoms with Crippen molar-refractivity contribution in [2.75, 3.05) is 18.1 Å². The van der Waals surface area contributed by atoms with E-state index < -0.39 is 15.5 Å². The molecule has 1 fully saturated rings. The highest BCUT2D eigenvalue weighted by atomic mass is 32.2. The number of carbonyl (C=O) groups is 1. The van der Waals surface area contributed by atoms with Crippen LogP contribution in [0.1, 0.15) is 23.1 Å². The average molecular weight is 379 g/mol. The van der Waals surface area contributed by atoms with Gasteiger partial charge in [-0.3, -0.25) is 4.79 Å². The van der Waals surface area contributed by atoms with Gasteiger partial charge in [0.15, 0.2) is 16.4 Å². The first-order valence-electron chi connectivity index (χ1n) is 8.34. The normalized spacial score (nSPS) is 18.8. The van der Waals surface area contributed by atoms with Crippen molar-refractivity contribution in [3.05, 3.63) is 39.2 Å². The van der Waals surface area contributed by atoms with E-state index in [1.807, 2.05) is 6.92 Å². The fourth-order valence-corrected chi connectivity index (χ4v) is 4.78. The van der Waals surface area contributed by atoms with Crippen LogP contribution in [0.15, 0.2) is 21.3 Å². The molecule has 3 rings (SSSR count). The second kappa shape index (κ2) is 6.75. The monoisotopic (exact) mass is 379 g/mol. The standard InChI is InChI=1S/C18H21NO6S/c1-10-11(2)18(21)25-17-12(3)15(5-4-14(10)17)24-8-16(20)19-13-6-7-26(22,23)9-13/h4-5,13H,6-9H2,1-3H3,(H,19,20). The molecule has 2 aromatic rings. The number of hydrogen-bond acceptors (Lipinski definition) is 6. The molecular weight excluding hydrogens is 358 g/mol. The minimum Gasteiger partial charge on any atom is -0.483 e. The fraction of sp³-hybridized carbons (Fsp3) is 0.444.